The maximum Gasteiger partial charge on any atom is 0.0541 e. The average Bonchev–Trinajstić information content (AvgIpc) is 3.64. The van der Waals surface area contributed by atoms with Gasteiger partial charge in [0.05, 0.1) is 5.52 Å². The fourth-order valence-corrected chi connectivity index (χ4v) is 8.13. The van der Waals surface area contributed by atoms with Crippen LogP contribution in [0.2, 0.25) is 0 Å². The Kier molecular flexibility index (Phi) is 5.26. The predicted octanol–water partition coefficient (Wildman–Crippen LogP) is 11.5. The van der Waals surface area contributed by atoms with Crippen molar-refractivity contribution >= 4 is 42.4 Å². The molecule has 2 aromatic heterocycles. The maximum absolute atomic E-state index is 3.86. The molecule has 0 saturated carbocycles. The number of hydrogen-bond acceptors (Lipinski definition) is 1. The molecule has 6 aromatic carbocycles. The largest absolute Gasteiger partial charge is 0.354 e. The Labute approximate surface area is 250 Å². The number of fused-ring (bicyclic) bond motifs is 8. The van der Waals surface area contributed by atoms with E-state index < -0.39 is 0 Å². The Hall–Kier alpha value is -4.92. The highest BCUT2D eigenvalue weighted by Crippen LogP contribution is 2.42. The molecule has 1 nitrogen and oxygen atoms in total. The van der Waals surface area contributed by atoms with Crippen molar-refractivity contribution in [2.45, 2.75) is 12.8 Å². The van der Waals surface area contributed by atoms with E-state index in [0.717, 1.165) is 12.8 Å². The zero-order valence-corrected chi connectivity index (χ0v) is 23.8. The van der Waals surface area contributed by atoms with Gasteiger partial charge < -0.3 is 4.98 Å². The van der Waals surface area contributed by atoms with Crippen LogP contribution in [0.1, 0.15) is 12.6 Å². The van der Waals surface area contributed by atoms with Crippen LogP contribution in [-0.2, 0) is 12.8 Å². The van der Waals surface area contributed by atoms with Gasteiger partial charge >= 0.3 is 0 Å². The van der Waals surface area contributed by atoms with Gasteiger partial charge in [0, 0.05) is 43.8 Å². The van der Waals surface area contributed by atoms with Crippen LogP contribution in [0.25, 0.3) is 75.7 Å². The van der Waals surface area contributed by atoms with E-state index in [-0.39, 0.29) is 1.43 Å². The number of para-hydroxylation sites is 1. The summed E-state index contributed by atoms with van der Waals surface area (Å²) in [5, 5.41) is 4.04. The molecular weight excluding hydrogens is 527 g/mol. The van der Waals surface area contributed by atoms with Gasteiger partial charge in [-0.2, -0.15) is 0 Å². The molecule has 200 valence electrons. The predicted molar refractivity (Wildman–Crippen MR) is 182 cm³/mol. The lowest BCUT2D eigenvalue weighted by atomic mass is 9.89. The van der Waals surface area contributed by atoms with E-state index in [1.165, 1.54) is 86.8 Å². The highest BCUT2D eigenvalue weighted by atomic mass is 32.1. The van der Waals surface area contributed by atoms with Crippen molar-refractivity contribution in [3.63, 3.8) is 0 Å². The molecule has 0 unspecified atom stereocenters. The summed E-state index contributed by atoms with van der Waals surface area (Å²) in [6.07, 6.45) is 2.18. The molecule has 0 aliphatic heterocycles. The molecule has 0 spiro atoms. The molecule has 1 aliphatic rings. The van der Waals surface area contributed by atoms with Gasteiger partial charge in [-0.25, -0.2) is 0 Å². The van der Waals surface area contributed by atoms with Crippen LogP contribution in [0.15, 0.2) is 133 Å². The second-order valence-corrected chi connectivity index (χ2v) is 12.4. The molecule has 0 fully saturated rings. The number of aromatic nitrogens is 1. The van der Waals surface area contributed by atoms with Gasteiger partial charge in [-0.3, -0.25) is 0 Å². The van der Waals surface area contributed by atoms with Crippen molar-refractivity contribution in [1.82, 2.24) is 4.98 Å². The van der Waals surface area contributed by atoms with Gasteiger partial charge in [-0.15, -0.1) is 11.3 Å². The summed E-state index contributed by atoms with van der Waals surface area (Å²) in [4.78, 5) is 3.86. The highest BCUT2D eigenvalue weighted by molar-refractivity contribution is 7.25. The summed E-state index contributed by atoms with van der Waals surface area (Å²) in [7, 11) is 0. The number of hydrogen-bond donors (Lipinski definition) is 1. The number of thiophene rings is 1. The van der Waals surface area contributed by atoms with E-state index in [9.17, 15) is 0 Å². The monoisotopic (exact) mass is 555 g/mol. The number of aryl methyl sites for hydroxylation is 2. The number of nitrogens with one attached hydrogen (secondary N) is 1. The van der Waals surface area contributed by atoms with Crippen molar-refractivity contribution in [3.8, 4) is 44.6 Å². The molecule has 1 aliphatic carbocycles. The van der Waals surface area contributed by atoms with Crippen molar-refractivity contribution in [1.29, 1.82) is 0 Å². The molecule has 0 amide bonds. The minimum absolute atomic E-state index is 0. The molecule has 9 rings (SSSR count). The van der Waals surface area contributed by atoms with E-state index in [1.807, 2.05) is 11.3 Å². The van der Waals surface area contributed by atoms with Crippen molar-refractivity contribution < 1.29 is 1.43 Å². The van der Waals surface area contributed by atoms with Crippen LogP contribution >= 0.6 is 11.3 Å². The van der Waals surface area contributed by atoms with Gasteiger partial charge in [0.1, 0.15) is 0 Å². The first-order valence-electron chi connectivity index (χ1n) is 14.7. The third-order valence-corrected chi connectivity index (χ3v) is 10.1. The molecule has 0 radical (unpaired) electrons. The minimum atomic E-state index is 0. The summed E-state index contributed by atoms with van der Waals surface area (Å²) in [5.74, 6) is 0. The first-order valence-corrected chi connectivity index (χ1v) is 15.5. The molecule has 2 heteroatoms. The lowest BCUT2D eigenvalue weighted by molar-refractivity contribution is 0.948. The molecule has 2 heterocycles. The van der Waals surface area contributed by atoms with Gasteiger partial charge in [0.25, 0.3) is 0 Å². The second-order valence-electron chi connectivity index (χ2n) is 11.3. The lowest BCUT2D eigenvalue weighted by Gasteiger charge is -2.16. The standard InChI is InChI=1S/C40H27NS.H2/c1-2-14-31-25(9-1)21-22-34-33-18-7-17-32(40(33)41-39(31)34)29-13-6-11-27(24-29)26-10-5-12-28(23-26)30-16-8-20-37-38(30)35-15-3-4-19-36(35)42-37;/h1-20,23-24,41H,21-22H2;1H. The van der Waals surface area contributed by atoms with E-state index in [4.69, 9.17) is 0 Å². The average molecular weight is 556 g/mol. The number of H-pyrrole nitrogens is 1. The lowest BCUT2D eigenvalue weighted by Crippen LogP contribution is -2.02. The van der Waals surface area contributed by atoms with Gasteiger partial charge in [-0.05, 0) is 76.1 Å². The van der Waals surface area contributed by atoms with Crippen molar-refractivity contribution in [2.24, 2.45) is 0 Å². The molecule has 0 atom stereocenters. The third-order valence-electron chi connectivity index (χ3n) is 8.96. The van der Waals surface area contributed by atoms with E-state index >= 15 is 0 Å². The first-order chi connectivity index (χ1) is 20.8. The van der Waals surface area contributed by atoms with Gasteiger partial charge in [0.2, 0.25) is 0 Å². The van der Waals surface area contributed by atoms with E-state index in [2.05, 4.69) is 138 Å². The topological polar surface area (TPSA) is 15.8 Å². The molecule has 42 heavy (non-hydrogen) atoms. The minimum Gasteiger partial charge on any atom is -0.354 e. The Morgan fingerprint density at radius 2 is 1.12 bits per heavy atom. The van der Waals surface area contributed by atoms with Crippen molar-refractivity contribution in [3.05, 3.63) is 145 Å². The summed E-state index contributed by atoms with van der Waals surface area (Å²) in [5.41, 5.74) is 14.3. The number of rotatable bonds is 3. The zero-order valence-electron chi connectivity index (χ0n) is 23.0. The summed E-state index contributed by atoms with van der Waals surface area (Å²) in [6, 6.07) is 49.1. The van der Waals surface area contributed by atoms with Gasteiger partial charge in [-0.1, -0.05) is 109 Å². The summed E-state index contributed by atoms with van der Waals surface area (Å²) in [6.45, 7) is 0. The molecule has 8 aromatic rings. The fraction of sp³-hybridized carbons (Fsp3) is 0.0500. The summed E-state index contributed by atoms with van der Waals surface area (Å²) >= 11 is 1.87. The summed E-state index contributed by atoms with van der Waals surface area (Å²) < 4.78 is 2.68. The first kappa shape index (κ1) is 23.8. The molecule has 1 N–H and O–H groups in total. The Bertz CT molecular complexity index is 2320. The van der Waals surface area contributed by atoms with Crippen LogP contribution in [-0.4, -0.2) is 4.98 Å². The van der Waals surface area contributed by atoms with E-state index in [1.54, 1.807) is 0 Å². The smallest absolute Gasteiger partial charge is 0.0541 e. The maximum atomic E-state index is 3.86. The fourth-order valence-electron chi connectivity index (χ4n) is 6.99. The number of benzene rings is 6. The van der Waals surface area contributed by atoms with Crippen LogP contribution in [0, 0.1) is 0 Å². The second kappa shape index (κ2) is 9.30. The van der Waals surface area contributed by atoms with Crippen molar-refractivity contribution in [2.75, 3.05) is 0 Å². The molecule has 0 saturated heterocycles. The van der Waals surface area contributed by atoms with Crippen LogP contribution < -0.4 is 0 Å². The Balaban J connectivity index is 0.00000278. The SMILES string of the molecule is [HH].c1cc(-c2cccc(-c3cccc4sc5ccccc5c34)c2)cc(-c2cccc3c4c([nH]c23)-c2ccccc2CC4)c1. The Morgan fingerprint density at radius 3 is 2.00 bits per heavy atom. The molecular formula is C40H29NS. The van der Waals surface area contributed by atoms with Crippen LogP contribution in [0.4, 0.5) is 0 Å². The number of aromatic amines is 1. The zero-order chi connectivity index (χ0) is 27.6. The third kappa shape index (κ3) is 3.62. The highest BCUT2D eigenvalue weighted by Gasteiger charge is 2.21. The van der Waals surface area contributed by atoms with Gasteiger partial charge in [0.15, 0.2) is 0 Å². The molecule has 0 bridgehead atoms. The van der Waals surface area contributed by atoms with E-state index in [0.29, 0.717) is 0 Å². The Morgan fingerprint density at radius 1 is 0.500 bits per heavy atom. The normalized spacial score (nSPS) is 12.6. The van der Waals surface area contributed by atoms with Crippen LogP contribution in [0.5, 0.6) is 0 Å². The quantitative estimate of drug-likeness (QED) is 0.223. The van der Waals surface area contributed by atoms with Crippen LogP contribution in [0.3, 0.4) is 0 Å².